The molecule has 27 heavy (non-hydrogen) atoms. The van der Waals surface area contributed by atoms with Crippen LogP contribution in [0.2, 0.25) is 0 Å². The first-order chi connectivity index (χ1) is 13.3. The van der Waals surface area contributed by atoms with E-state index in [-0.39, 0.29) is 11.9 Å². The summed E-state index contributed by atoms with van der Waals surface area (Å²) in [7, 11) is 0. The molecule has 0 unspecified atom stereocenters. The molecule has 1 atom stereocenters. The zero-order valence-electron chi connectivity index (χ0n) is 14.8. The van der Waals surface area contributed by atoms with Crippen molar-refractivity contribution in [1.82, 2.24) is 15.3 Å². The van der Waals surface area contributed by atoms with E-state index in [0.717, 1.165) is 46.8 Å². The third-order valence-corrected chi connectivity index (χ3v) is 6.26. The van der Waals surface area contributed by atoms with Crippen molar-refractivity contribution in [1.29, 1.82) is 0 Å². The van der Waals surface area contributed by atoms with Crippen LogP contribution in [0.1, 0.15) is 23.6 Å². The predicted octanol–water partition coefficient (Wildman–Crippen LogP) is 3.76. The molecular weight excluding hydrogens is 356 g/mol. The second-order valence-corrected chi connectivity index (χ2v) is 8.01. The normalized spacial score (nSPS) is 19.0. The summed E-state index contributed by atoms with van der Waals surface area (Å²) in [6.07, 6.45) is 7.68. The lowest BCUT2D eigenvalue weighted by Gasteiger charge is -2.27. The van der Waals surface area contributed by atoms with Gasteiger partial charge in [-0.15, -0.1) is 11.8 Å². The van der Waals surface area contributed by atoms with Gasteiger partial charge < -0.3 is 15.2 Å². The average Bonchev–Trinajstić information content (AvgIpc) is 3.35. The van der Waals surface area contributed by atoms with Crippen LogP contribution in [0.25, 0.3) is 11.0 Å². The Kier molecular flexibility index (Phi) is 4.13. The van der Waals surface area contributed by atoms with Crippen LogP contribution in [-0.4, -0.2) is 28.2 Å². The number of pyridine rings is 1. The van der Waals surface area contributed by atoms with E-state index in [2.05, 4.69) is 38.4 Å². The monoisotopic (exact) mass is 376 g/mol. The molecule has 2 N–H and O–H groups in total. The molecule has 5 nitrogen and oxygen atoms in total. The number of H-pyrrole nitrogens is 1. The Morgan fingerprint density at radius 1 is 1.26 bits per heavy atom. The van der Waals surface area contributed by atoms with Gasteiger partial charge in [0.25, 0.3) is 5.91 Å². The summed E-state index contributed by atoms with van der Waals surface area (Å²) in [5.74, 6) is 0.903. The molecule has 3 heterocycles. The van der Waals surface area contributed by atoms with E-state index in [1.54, 1.807) is 18.0 Å². The molecule has 0 saturated heterocycles. The van der Waals surface area contributed by atoms with Gasteiger partial charge in [-0.1, -0.05) is 24.3 Å². The summed E-state index contributed by atoms with van der Waals surface area (Å²) in [6, 6.07) is 12.5. The smallest absolute Gasteiger partial charge is 0.259 e. The highest BCUT2D eigenvalue weighted by molar-refractivity contribution is 8.04. The number of nitrogens with zero attached hydrogens (tertiary/aromatic N) is 2. The Balaban J connectivity index is 1.39. The number of amides is 1. The highest BCUT2D eigenvalue weighted by atomic mass is 32.2. The van der Waals surface area contributed by atoms with Gasteiger partial charge in [-0.05, 0) is 36.1 Å². The quantitative estimate of drug-likeness (QED) is 0.731. The highest BCUT2D eigenvalue weighted by Gasteiger charge is 2.26. The van der Waals surface area contributed by atoms with Gasteiger partial charge in [0.15, 0.2) is 0 Å². The highest BCUT2D eigenvalue weighted by Crippen LogP contribution is 2.33. The molecule has 0 saturated carbocycles. The van der Waals surface area contributed by atoms with Gasteiger partial charge in [0, 0.05) is 36.3 Å². The molecule has 2 aromatic heterocycles. The average molecular weight is 376 g/mol. The second kappa shape index (κ2) is 6.78. The van der Waals surface area contributed by atoms with Gasteiger partial charge in [-0.3, -0.25) is 4.79 Å². The van der Waals surface area contributed by atoms with Crippen LogP contribution < -0.4 is 10.2 Å². The SMILES string of the molecule is O=C(N[C@@H]1CCc2ccccc21)C1=CN(c2ccnc3[nH]ccc23)CCS1. The predicted molar refractivity (Wildman–Crippen MR) is 110 cm³/mol. The summed E-state index contributed by atoms with van der Waals surface area (Å²) in [5, 5.41) is 4.31. The van der Waals surface area contributed by atoms with Crippen molar-refractivity contribution in [3.05, 3.63) is 71.0 Å². The number of rotatable bonds is 3. The Labute approximate surface area is 161 Å². The molecule has 0 radical (unpaired) electrons. The van der Waals surface area contributed by atoms with Gasteiger partial charge in [0.05, 0.1) is 16.6 Å². The topological polar surface area (TPSA) is 61.0 Å². The summed E-state index contributed by atoms with van der Waals surface area (Å²) in [6.45, 7) is 0.873. The van der Waals surface area contributed by atoms with E-state index in [1.807, 2.05) is 30.6 Å². The van der Waals surface area contributed by atoms with Crippen LogP contribution in [0, 0.1) is 0 Å². The first kappa shape index (κ1) is 16.4. The summed E-state index contributed by atoms with van der Waals surface area (Å²) >= 11 is 1.63. The number of hydrogen-bond acceptors (Lipinski definition) is 4. The molecule has 6 heteroatoms. The number of hydrogen-bond donors (Lipinski definition) is 2. The fourth-order valence-electron chi connectivity index (χ4n) is 3.94. The largest absolute Gasteiger partial charge is 0.346 e. The van der Waals surface area contributed by atoms with E-state index >= 15 is 0 Å². The van der Waals surface area contributed by atoms with Crippen molar-refractivity contribution in [2.75, 3.05) is 17.2 Å². The van der Waals surface area contributed by atoms with E-state index < -0.39 is 0 Å². The number of nitrogens with one attached hydrogen (secondary N) is 2. The van der Waals surface area contributed by atoms with Crippen molar-refractivity contribution in [2.45, 2.75) is 18.9 Å². The summed E-state index contributed by atoms with van der Waals surface area (Å²) < 4.78 is 0. The lowest BCUT2D eigenvalue weighted by Crippen LogP contribution is -2.32. The number of aryl methyl sites for hydroxylation is 1. The first-order valence-corrected chi connectivity index (χ1v) is 10.2. The molecule has 136 valence electrons. The number of carbonyl (C=O) groups excluding carboxylic acids is 1. The lowest BCUT2D eigenvalue weighted by molar-refractivity contribution is -0.117. The number of thioether (sulfide) groups is 1. The number of aromatic amines is 1. The maximum atomic E-state index is 12.9. The Hall–Kier alpha value is -2.73. The van der Waals surface area contributed by atoms with Crippen molar-refractivity contribution in [3.8, 4) is 0 Å². The van der Waals surface area contributed by atoms with Gasteiger partial charge >= 0.3 is 0 Å². The molecule has 1 amide bonds. The lowest BCUT2D eigenvalue weighted by atomic mass is 10.1. The molecule has 0 fully saturated rings. The molecule has 2 aliphatic rings. The zero-order valence-corrected chi connectivity index (χ0v) is 15.6. The molecular formula is C21H20N4OS. The van der Waals surface area contributed by atoms with Crippen LogP contribution in [0.15, 0.2) is 59.9 Å². The maximum Gasteiger partial charge on any atom is 0.259 e. The van der Waals surface area contributed by atoms with Gasteiger partial charge in [-0.2, -0.15) is 0 Å². The van der Waals surface area contributed by atoms with Crippen LogP contribution in [0.5, 0.6) is 0 Å². The number of benzene rings is 1. The fraction of sp³-hybridized carbons (Fsp3) is 0.238. The second-order valence-electron chi connectivity index (χ2n) is 6.87. The molecule has 1 aromatic carbocycles. The van der Waals surface area contributed by atoms with Crippen LogP contribution in [0.4, 0.5) is 5.69 Å². The van der Waals surface area contributed by atoms with E-state index in [0.29, 0.717) is 0 Å². The summed E-state index contributed by atoms with van der Waals surface area (Å²) in [5.41, 5.74) is 4.55. The number of anilines is 1. The third kappa shape index (κ3) is 3.00. The summed E-state index contributed by atoms with van der Waals surface area (Å²) in [4.78, 5) is 23.3. The minimum atomic E-state index is 0.0192. The van der Waals surface area contributed by atoms with Crippen molar-refractivity contribution < 1.29 is 4.79 Å². The molecule has 0 bridgehead atoms. The Morgan fingerprint density at radius 2 is 2.19 bits per heavy atom. The van der Waals surface area contributed by atoms with Crippen molar-refractivity contribution in [2.24, 2.45) is 0 Å². The fourth-order valence-corrected chi connectivity index (χ4v) is 4.84. The minimum absolute atomic E-state index is 0.0192. The molecule has 0 spiro atoms. The van der Waals surface area contributed by atoms with Gasteiger partial charge in [-0.25, -0.2) is 4.98 Å². The molecule has 1 aliphatic carbocycles. The van der Waals surface area contributed by atoms with Crippen molar-refractivity contribution in [3.63, 3.8) is 0 Å². The van der Waals surface area contributed by atoms with E-state index in [1.165, 1.54) is 11.1 Å². The number of carbonyl (C=O) groups is 1. The number of aromatic nitrogens is 2. The maximum absolute atomic E-state index is 12.9. The minimum Gasteiger partial charge on any atom is -0.346 e. The first-order valence-electron chi connectivity index (χ1n) is 9.21. The Morgan fingerprint density at radius 3 is 3.15 bits per heavy atom. The van der Waals surface area contributed by atoms with Crippen LogP contribution in [0.3, 0.4) is 0 Å². The van der Waals surface area contributed by atoms with E-state index in [4.69, 9.17) is 0 Å². The van der Waals surface area contributed by atoms with Crippen LogP contribution >= 0.6 is 11.8 Å². The molecule has 1 aliphatic heterocycles. The number of fused-ring (bicyclic) bond motifs is 2. The standard InChI is InChI=1S/C21H20N4OS/c26-21(24-17-6-5-14-3-1-2-4-15(14)17)19-13-25(11-12-27-19)18-8-10-23-20-16(18)7-9-22-20/h1-4,7-10,13,17H,5-6,11-12H2,(H,22,23)(H,24,26)/t17-/m1/s1. The Bertz CT molecular complexity index is 1040. The third-order valence-electron chi connectivity index (χ3n) is 5.27. The van der Waals surface area contributed by atoms with Gasteiger partial charge in [0.1, 0.15) is 5.65 Å². The van der Waals surface area contributed by atoms with Crippen molar-refractivity contribution >= 4 is 34.4 Å². The van der Waals surface area contributed by atoms with Crippen LogP contribution in [-0.2, 0) is 11.2 Å². The van der Waals surface area contributed by atoms with E-state index in [9.17, 15) is 4.79 Å². The molecule has 5 rings (SSSR count). The zero-order chi connectivity index (χ0) is 18.2. The van der Waals surface area contributed by atoms with Gasteiger partial charge in [0.2, 0.25) is 0 Å². The molecule has 3 aromatic rings.